The molecule has 0 aliphatic carbocycles. The quantitative estimate of drug-likeness (QED) is 0.171. The lowest BCUT2D eigenvalue weighted by Gasteiger charge is -2.11. The van der Waals surface area contributed by atoms with Crippen LogP contribution >= 0.6 is 0 Å². The van der Waals surface area contributed by atoms with Gasteiger partial charge in [0.15, 0.2) is 17.5 Å². The van der Waals surface area contributed by atoms with Gasteiger partial charge in [-0.05, 0) is 58.1 Å². The normalized spacial score (nSPS) is 11.6. The van der Waals surface area contributed by atoms with Gasteiger partial charge in [0.05, 0.1) is 0 Å². The highest BCUT2D eigenvalue weighted by Gasteiger charge is 2.20. The molecule has 0 bridgehead atoms. The summed E-state index contributed by atoms with van der Waals surface area (Å²) in [6.45, 7) is 0. The minimum Gasteiger partial charge on any atom is -0.456 e. The average Bonchev–Trinajstić information content (AvgIpc) is 3.85. The van der Waals surface area contributed by atoms with Crippen LogP contribution in [0.5, 0.6) is 0 Å². The fourth-order valence-corrected chi connectivity index (χ4v) is 7.80. The molecule has 56 heavy (non-hydrogen) atoms. The zero-order valence-electron chi connectivity index (χ0n) is 30.1. The van der Waals surface area contributed by atoms with E-state index >= 15 is 0 Å². The molecule has 0 fully saturated rings. The summed E-state index contributed by atoms with van der Waals surface area (Å²) in [5, 5.41) is 4.30. The summed E-state index contributed by atoms with van der Waals surface area (Å²) in [6.07, 6.45) is 0. The Morgan fingerprint density at radius 3 is 1.48 bits per heavy atom. The average molecular weight is 718 g/mol. The summed E-state index contributed by atoms with van der Waals surface area (Å²) >= 11 is 0. The Labute approximate surface area is 322 Å². The molecule has 0 atom stereocenters. The molecule has 0 N–H and O–H groups in total. The number of fused-ring (bicyclic) bond motifs is 6. The minimum atomic E-state index is 0.615. The van der Waals surface area contributed by atoms with Gasteiger partial charge in [-0.3, -0.25) is 0 Å². The van der Waals surface area contributed by atoms with Gasteiger partial charge in [-0.2, -0.15) is 0 Å². The number of aromatic nitrogens is 3. The lowest BCUT2D eigenvalue weighted by atomic mass is 9.93. The summed E-state index contributed by atoms with van der Waals surface area (Å²) in [5.74, 6) is 1.88. The summed E-state index contributed by atoms with van der Waals surface area (Å²) in [5.41, 5.74) is 12.6. The second kappa shape index (κ2) is 13.0. The molecule has 3 heterocycles. The van der Waals surface area contributed by atoms with E-state index in [2.05, 4.69) is 109 Å². The third kappa shape index (κ3) is 5.45. The Morgan fingerprint density at radius 2 is 0.804 bits per heavy atom. The molecule has 262 valence electrons. The first kappa shape index (κ1) is 31.9. The van der Waals surface area contributed by atoms with E-state index in [9.17, 15) is 0 Å². The van der Waals surface area contributed by atoms with E-state index < -0.39 is 0 Å². The van der Waals surface area contributed by atoms with E-state index in [1.54, 1.807) is 0 Å². The Morgan fingerprint density at radius 1 is 0.286 bits per heavy atom. The van der Waals surface area contributed by atoms with Gasteiger partial charge in [-0.25, -0.2) is 15.0 Å². The standard InChI is InChI=1S/C51H31N3O2/c1-4-13-32(14-5-1)37-27-28-39-40-20-12-21-41(48(40)56-45(39)30-37)43-29-38(31-46-47(43)42-19-10-11-22-44(42)55-46)33-23-25-36(26-24-33)51-53-49(34-15-6-2-7-16-34)52-50(54-51)35-17-8-3-9-18-35/h1-31H. The lowest BCUT2D eigenvalue weighted by Crippen LogP contribution is -2.00. The van der Waals surface area contributed by atoms with Crippen LogP contribution in [-0.4, -0.2) is 15.0 Å². The predicted molar refractivity (Wildman–Crippen MR) is 227 cm³/mol. The maximum Gasteiger partial charge on any atom is 0.164 e. The molecule has 11 aromatic rings. The summed E-state index contributed by atoms with van der Waals surface area (Å²) in [4.78, 5) is 14.7. The fraction of sp³-hybridized carbons (Fsp3) is 0. The number of para-hydroxylation sites is 2. The first-order chi connectivity index (χ1) is 27.7. The topological polar surface area (TPSA) is 65.0 Å². The molecule has 0 saturated heterocycles. The molecule has 8 aromatic carbocycles. The van der Waals surface area contributed by atoms with Crippen LogP contribution in [0.3, 0.4) is 0 Å². The first-order valence-electron chi connectivity index (χ1n) is 18.7. The number of furan rings is 2. The van der Waals surface area contributed by atoms with Crippen molar-refractivity contribution in [2.75, 3.05) is 0 Å². The van der Waals surface area contributed by atoms with Crippen molar-refractivity contribution < 1.29 is 8.83 Å². The van der Waals surface area contributed by atoms with E-state index in [0.29, 0.717) is 17.5 Å². The van der Waals surface area contributed by atoms with Crippen LogP contribution in [0.15, 0.2) is 197 Å². The smallest absolute Gasteiger partial charge is 0.164 e. The molecule has 0 unspecified atom stereocenters. The molecule has 5 nitrogen and oxygen atoms in total. The van der Waals surface area contributed by atoms with Gasteiger partial charge < -0.3 is 8.83 Å². The Balaban J connectivity index is 1.05. The van der Waals surface area contributed by atoms with Crippen molar-refractivity contribution >= 4 is 43.9 Å². The molecule has 5 heteroatoms. The van der Waals surface area contributed by atoms with Gasteiger partial charge in [-0.1, -0.05) is 158 Å². The van der Waals surface area contributed by atoms with Crippen LogP contribution in [0.2, 0.25) is 0 Å². The SMILES string of the molecule is c1ccc(-c2ccc3c(c2)oc2c(-c4cc(-c5ccc(-c6nc(-c7ccccc7)nc(-c7ccccc7)n6)cc5)cc5oc6ccccc6c45)cccc23)cc1. The van der Waals surface area contributed by atoms with Crippen molar-refractivity contribution in [1.29, 1.82) is 0 Å². The Bertz CT molecular complexity index is 3170. The minimum absolute atomic E-state index is 0.615. The molecule has 0 spiro atoms. The molecule has 3 aromatic heterocycles. The van der Waals surface area contributed by atoms with E-state index in [1.165, 1.54) is 0 Å². The first-order valence-corrected chi connectivity index (χ1v) is 18.7. The fourth-order valence-electron chi connectivity index (χ4n) is 7.80. The van der Waals surface area contributed by atoms with Gasteiger partial charge >= 0.3 is 0 Å². The van der Waals surface area contributed by atoms with Crippen LogP contribution in [0.4, 0.5) is 0 Å². The van der Waals surface area contributed by atoms with Crippen LogP contribution in [0.25, 0.3) is 111 Å². The molecule has 0 aliphatic heterocycles. The van der Waals surface area contributed by atoms with Gasteiger partial charge in [0.2, 0.25) is 0 Å². The molecule has 0 saturated carbocycles. The van der Waals surface area contributed by atoms with Crippen LogP contribution in [0.1, 0.15) is 0 Å². The van der Waals surface area contributed by atoms with Crippen molar-refractivity contribution in [3.8, 4) is 67.5 Å². The highest BCUT2D eigenvalue weighted by molar-refractivity contribution is 6.18. The number of hydrogen-bond donors (Lipinski definition) is 0. The molecule has 0 aliphatic rings. The summed E-state index contributed by atoms with van der Waals surface area (Å²) in [6, 6.07) is 64.5. The second-order valence-electron chi connectivity index (χ2n) is 14.0. The second-order valence-corrected chi connectivity index (χ2v) is 14.0. The van der Waals surface area contributed by atoms with E-state index in [1.807, 2.05) is 78.9 Å². The number of rotatable bonds is 6. The molecular weight excluding hydrogens is 687 g/mol. The molecule has 0 radical (unpaired) electrons. The van der Waals surface area contributed by atoms with Gasteiger partial charge in [0.25, 0.3) is 0 Å². The number of benzene rings is 8. The van der Waals surface area contributed by atoms with E-state index in [0.717, 1.165) is 93.9 Å². The zero-order chi connectivity index (χ0) is 37.0. The highest BCUT2D eigenvalue weighted by atomic mass is 16.3. The van der Waals surface area contributed by atoms with Gasteiger partial charge in [-0.15, -0.1) is 0 Å². The van der Waals surface area contributed by atoms with Crippen molar-refractivity contribution in [2.24, 2.45) is 0 Å². The van der Waals surface area contributed by atoms with Gasteiger partial charge in [0.1, 0.15) is 22.3 Å². The maximum absolute atomic E-state index is 6.78. The lowest BCUT2D eigenvalue weighted by molar-refractivity contribution is 0.669. The molecule has 0 amide bonds. The van der Waals surface area contributed by atoms with Crippen molar-refractivity contribution in [3.63, 3.8) is 0 Å². The monoisotopic (exact) mass is 717 g/mol. The molecule has 11 rings (SSSR count). The Hall–Kier alpha value is -7.63. The van der Waals surface area contributed by atoms with Crippen molar-refractivity contribution in [1.82, 2.24) is 15.0 Å². The third-order valence-corrected chi connectivity index (χ3v) is 10.6. The zero-order valence-corrected chi connectivity index (χ0v) is 30.1. The third-order valence-electron chi connectivity index (χ3n) is 10.6. The summed E-state index contributed by atoms with van der Waals surface area (Å²) < 4.78 is 13.3. The number of nitrogens with zero attached hydrogens (tertiary/aromatic N) is 3. The van der Waals surface area contributed by atoms with Crippen LogP contribution in [0, 0.1) is 0 Å². The summed E-state index contributed by atoms with van der Waals surface area (Å²) in [7, 11) is 0. The van der Waals surface area contributed by atoms with E-state index in [4.69, 9.17) is 23.8 Å². The largest absolute Gasteiger partial charge is 0.456 e. The van der Waals surface area contributed by atoms with Crippen LogP contribution in [-0.2, 0) is 0 Å². The van der Waals surface area contributed by atoms with Crippen molar-refractivity contribution in [3.05, 3.63) is 188 Å². The molecular formula is C51H31N3O2. The van der Waals surface area contributed by atoms with Gasteiger partial charge in [0, 0.05) is 43.8 Å². The van der Waals surface area contributed by atoms with Crippen molar-refractivity contribution in [2.45, 2.75) is 0 Å². The number of hydrogen-bond acceptors (Lipinski definition) is 5. The Kier molecular flexibility index (Phi) is 7.42. The predicted octanol–water partition coefficient (Wildman–Crippen LogP) is 13.7. The highest BCUT2D eigenvalue weighted by Crippen LogP contribution is 2.44. The van der Waals surface area contributed by atoms with E-state index in [-0.39, 0.29) is 0 Å². The van der Waals surface area contributed by atoms with Crippen LogP contribution < -0.4 is 0 Å². The maximum atomic E-state index is 6.78.